The normalized spacial score (nSPS) is 21.9. The molecule has 7 nitrogen and oxygen atoms in total. The fourth-order valence-corrected chi connectivity index (χ4v) is 2.25. The molecule has 1 rings (SSSR count). The van der Waals surface area contributed by atoms with E-state index in [-0.39, 0.29) is 24.4 Å². The standard InChI is InChI=1S/C13H23N3O4/c1-3-16(2)11(17)8-14-13(20)15-10-6-4-5-9(7-10)12(18)19/h9-10H,3-8H2,1-2H3,(H,18,19)(H2,14,15,20). The SMILES string of the molecule is CCN(C)C(=O)CNC(=O)NC1CCCC(C(=O)O)C1. The highest BCUT2D eigenvalue weighted by atomic mass is 16.4. The number of amides is 3. The number of aliphatic carboxylic acids is 1. The molecule has 1 aliphatic rings. The van der Waals surface area contributed by atoms with Gasteiger partial charge in [0.15, 0.2) is 0 Å². The van der Waals surface area contributed by atoms with Gasteiger partial charge in [-0.05, 0) is 26.2 Å². The molecule has 3 N–H and O–H groups in total. The van der Waals surface area contributed by atoms with Crippen molar-refractivity contribution in [1.29, 1.82) is 0 Å². The van der Waals surface area contributed by atoms with Gasteiger partial charge in [-0.15, -0.1) is 0 Å². The van der Waals surface area contributed by atoms with Crippen molar-refractivity contribution in [2.24, 2.45) is 5.92 Å². The number of nitrogens with one attached hydrogen (secondary N) is 2. The minimum Gasteiger partial charge on any atom is -0.481 e. The first-order valence-corrected chi connectivity index (χ1v) is 6.95. The summed E-state index contributed by atoms with van der Waals surface area (Å²) in [7, 11) is 1.67. The van der Waals surface area contributed by atoms with Crippen LogP contribution in [-0.2, 0) is 9.59 Å². The molecular formula is C13H23N3O4. The van der Waals surface area contributed by atoms with Crippen molar-refractivity contribution in [3.05, 3.63) is 0 Å². The number of carbonyl (C=O) groups is 3. The lowest BCUT2D eigenvalue weighted by molar-refractivity contribution is -0.143. The summed E-state index contributed by atoms with van der Waals surface area (Å²) in [4.78, 5) is 35.6. The van der Waals surface area contributed by atoms with Gasteiger partial charge in [0.05, 0.1) is 12.5 Å². The second-order valence-electron chi connectivity index (χ2n) is 5.13. The summed E-state index contributed by atoms with van der Waals surface area (Å²) in [6, 6.07) is -0.553. The Bertz CT molecular complexity index is 373. The van der Waals surface area contributed by atoms with Gasteiger partial charge in [0, 0.05) is 19.6 Å². The largest absolute Gasteiger partial charge is 0.481 e. The summed E-state index contributed by atoms with van der Waals surface area (Å²) in [5, 5.41) is 14.2. The predicted octanol–water partition coefficient (Wildman–Crippen LogP) is 0.407. The van der Waals surface area contributed by atoms with Crippen molar-refractivity contribution >= 4 is 17.9 Å². The van der Waals surface area contributed by atoms with Crippen LogP contribution < -0.4 is 10.6 Å². The van der Waals surface area contributed by atoms with Crippen LogP contribution in [0.3, 0.4) is 0 Å². The summed E-state index contributed by atoms with van der Waals surface area (Å²) in [6.07, 6.45) is 2.68. The van der Waals surface area contributed by atoms with Crippen LogP contribution in [0.2, 0.25) is 0 Å². The van der Waals surface area contributed by atoms with Gasteiger partial charge in [-0.2, -0.15) is 0 Å². The Kier molecular flexibility index (Phi) is 6.27. The third kappa shape index (κ3) is 5.07. The van der Waals surface area contributed by atoms with E-state index in [2.05, 4.69) is 10.6 Å². The molecule has 2 unspecified atom stereocenters. The lowest BCUT2D eigenvalue weighted by atomic mass is 9.86. The van der Waals surface area contributed by atoms with Gasteiger partial charge in [-0.3, -0.25) is 9.59 Å². The minimum absolute atomic E-state index is 0.0503. The van der Waals surface area contributed by atoms with Crippen molar-refractivity contribution < 1.29 is 19.5 Å². The molecule has 20 heavy (non-hydrogen) atoms. The Morgan fingerprint density at radius 1 is 1.30 bits per heavy atom. The molecule has 1 aliphatic carbocycles. The maximum absolute atomic E-state index is 11.7. The second kappa shape index (κ2) is 7.72. The number of hydrogen-bond acceptors (Lipinski definition) is 3. The summed E-state index contributed by atoms with van der Waals surface area (Å²) in [5.74, 6) is -1.35. The number of carboxylic acid groups (broad SMARTS) is 1. The molecular weight excluding hydrogens is 262 g/mol. The summed E-state index contributed by atoms with van der Waals surface area (Å²) >= 11 is 0. The first kappa shape index (κ1) is 16.3. The van der Waals surface area contributed by atoms with E-state index >= 15 is 0 Å². The highest BCUT2D eigenvalue weighted by Crippen LogP contribution is 2.24. The first-order valence-electron chi connectivity index (χ1n) is 6.95. The molecule has 0 aromatic rings. The van der Waals surface area contributed by atoms with Crippen LogP contribution in [0.5, 0.6) is 0 Å². The van der Waals surface area contributed by atoms with E-state index in [1.165, 1.54) is 4.90 Å². The zero-order valence-electron chi connectivity index (χ0n) is 12.0. The van der Waals surface area contributed by atoms with Crippen LogP contribution >= 0.6 is 0 Å². The fraction of sp³-hybridized carbons (Fsp3) is 0.769. The summed E-state index contributed by atoms with van der Waals surface area (Å²) in [6.45, 7) is 2.39. The van der Waals surface area contributed by atoms with Gasteiger partial charge >= 0.3 is 12.0 Å². The van der Waals surface area contributed by atoms with E-state index in [0.29, 0.717) is 19.4 Å². The Labute approximate surface area is 118 Å². The van der Waals surface area contributed by atoms with Crippen molar-refractivity contribution in [1.82, 2.24) is 15.5 Å². The number of hydrogen-bond donors (Lipinski definition) is 3. The van der Waals surface area contributed by atoms with Crippen LogP contribution in [0.1, 0.15) is 32.6 Å². The average molecular weight is 285 g/mol. The second-order valence-corrected chi connectivity index (χ2v) is 5.13. The van der Waals surface area contributed by atoms with Gasteiger partial charge in [-0.1, -0.05) is 6.42 Å². The van der Waals surface area contributed by atoms with E-state index in [1.807, 2.05) is 6.92 Å². The monoisotopic (exact) mass is 285 g/mol. The van der Waals surface area contributed by atoms with E-state index in [4.69, 9.17) is 5.11 Å². The van der Waals surface area contributed by atoms with Crippen molar-refractivity contribution in [3.63, 3.8) is 0 Å². The van der Waals surface area contributed by atoms with Gasteiger partial charge in [0.2, 0.25) is 5.91 Å². The van der Waals surface area contributed by atoms with Crippen molar-refractivity contribution in [2.45, 2.75) is 38.6 Å². The Morgan fingerprint density at radius 3 is 2.60 bits per heavy atom. The van der Waals surface area contributed by atoms with Crippen molar-refractivity contribution in [3.8, 4) is 0 Å². The van der Waals surface area contributed by atoms with Crippen LogP contribution in [0.4, 0.5) is 4.79 Å². The third-order valence-electron chi connectivity index (χ3n) is 3.66. The van der Waals surface area contributed by atoms with E-state index < -0.39 is 12.0 Å². The minimum atomic E-state index is -0.809. The highest BCUT2D eigenvalue weighted by Gasteiger charge is 2.27. The van der Waals surface area contributed by atoms with Crippen LogP contribution in [0, 0.1) is 5.92 Å². The molecule has 0 heterocycles. The smallest absolute Gasteiger partial charge is 0.315 e. The molecule has 7 heteroatoms. The average Bonchev–Trinajstić information content (AvgIpc) is 2.44. The van der Waals surface area contributed by atoms with Crippen LogP contribution in [0.15, 0.2) is 0 Å². The molecule has 0 saturated heterocycles. The molecule has 0 aromatic carbocycles. The third-order valence-corrected chi connectivity index (χ3v) is 3.66. The topological polar surface area (TPSA) is 98.7 Å². The first-order chi connectivity index (χ1) is 9.43. The highest BCUT2D eigenvalue weighted by molar-refractivity contribution is 5.83. The zero-order chi connectivity index (χ0) is 15.1. The molecule has 1 fully saturated rings. The van der Waals surface area contributed by atoms with Gasteiger partial charge in [0.25, 0.3) is 0 Å². The van der Waals surface area contributed by atoms with Gasteiger partial charge < -0.3 is 20.6 Å². The molecule has 114 valence electrons. The molecule has 0 bridgehead atoms. The Morgan fingerprint density at radius 2 is 2.00 bits per heavy atom. The quantitative estimate of drug-likeness (QED) is 0.681. The summed E-state index contributed by atoms with van der Waals surface area (Å²) < 4.78 is 0. The van der Waals surface area contributed by atoms with Gasteiger partial charge in [-0.25, -0.2) is 4.79 Å². The molecule has 1 saturated carbocycles. The lowest BCUT2D eigenvalue weighted by Gasteiger charge is -2.27. The molecule has 2 atom stereocenters. The molecule has 0 spiro atoms. The number of nitrogens with zero attached hydrogens (tertiary/aromatic N) is 1. The number of rotatable bonds is 5. The maximum Gasteiger partial charge on any atom is 0.315 e. The summed E-state index contributed by atoms with van der Waals surface area (Å²) in [5.41, 5.74) is 0. The van der Waals surface area contributed by atoms with E-state index in [9.17, 15) is 14.4 Å². The molecule has 0 aliphatic heterocycles. The van der Waals surface area contributed by atoms with Gasteiger partial charge in [0.1, 0.15) is 0 Å². The Balaban J connectivity index is 2.31. The fourth-order valence-electron chi connectivity index (χ4n) is 2.25. The predicted molar refractivity (Wildman–Crippen MR) is 73.2 cm³/mol. The Hall–Kier alpha value is -1.79. The lowest BCUT2D eigenvalue weighted by Crippen LogP contribution is -2.47. The molecule has 3 amide bonds. The van der Waals surface area contributed by atoms with Crippen molar-refractivity contribution in [2.75, 3.05) is 20.1 Å². The van der Waals surface area contributed by atoms with E-state index in [1.54, 1.807) is 7.05 Å². The number of carbonyl (C=O) groups excluding carboxylic acids is 2. The number of likely N-dealkylation sites (N-methyl/N-ethyl adjacent to an activating group) is 1. The number of carboxylic acids is 1. The zero-order valence-corrected chi connectivity index (χ0v) is 12.0. The van der Waals surface area contributed by atoms with E-state index in [0.717, 1.165) is 12.8 Å². The van der Waals surface area contributed by atoms with Crippen LogP contribution in [-0.4, -0.2) is 54.1 Å². The molecule has 0 aromatic heterocycles. The molecule has 0 radical (unpaired) electrons. The number of urea groups is 1. The van der Waals surface area contributed by atoms with Crippen LogP contribution in [0.25, 0.3) is 0 Å². The maximum atomic E-state index is 11.7.